The van der Waals surface area contributed by atoms with Crippen molar-refractivity contribution in [2.24, 2.45) is 5.92 Å². The molecular formula is C20H27N3O2S. The van der Waals surface area contributed by atoms with Gasteiger partial charge in [0.2, 0.25) is 5.91 Å². The van der Waals surface area contributed by atoms with Gasteiger partial charge in [-0.15, -0.1) is 6.58 Å². The molecule has 0 saturated heterocycles. The van der Waals surface area contributed by atoms with Crippen LogP contribution in [0.15, 0.2) is 36.9 Å². The zero-order chi connectivity index (χ0) is 18.8. The van der Waals surface area contributed by atoms with Gasteiger partial charge in [0, 0.05) is 13.0 Å². The first-order chi connectivity index (χ1) is 12.6. The minimum Gasteiger partial charge on any atom is -0.349 e. The van der Waals surface area contributed by atoms with Gasteiger partial charge in [-0.05, 0) is 36.7 Å². The number of anilines is 1. The molecule has 1 aliphatic rings. The summed E-state index contributed by atoms with van der Waals surface area (Å²) in [7, 11) is 0. The van der Waals surface area contributed by atoms with Crippen LogP contribution >= 0.6 is 12.2 Å². The Morgan fingerprint density at radius 3 is 2.65 bits per heavy atom. The SMILES string of the molecule is C=CCNC(=O)c1ccccc1NC(=S)NC(=O)CCC1CCCCC1. The fourth-order valence-corrected chi connectivity index (χ4v) is 3.43. The van der Waals surface area contributed by atoms with E-state index in [1.165, 1.54) is 32.1 Å². The van der Waals surface area contributed by atoms with Crippen LogP contribution in [0.25, 0.3) is 0 Å². The Kier molecular flexibility index (Phi) is 8.28. The lowest BCUT2D eigenvalue weighted by molar-refractivity contribution is -0.120. The van der Waals surface area contributed by atoms with Crippen LogP contribution in [-0.4, -0.2) is 23.5 Å². The Hall–Kier alpha value is -2.21. The van der Waals surface area contributed by atoms with Crippen molar-refractivity contribution in [3.63, 3.8) is 0 Å². The van der Waals surface area contributed by atoms with E-state index in [1.54, 1.807) is 30.3 Å². The predicted molar refractivity (Wildman–Crippen MR) is 109 cm³/mol. The number of para-hydroxylation sites is 1. The van der Waals surface area contributed by atoms with Crippen molar-refractivity contribution >= 4 is 34.8 Å². The predicted octanol–water partition coefficient (Wildman–Crippen LogP) is 3.78. The molecule has 2 rings (SSSR count). The number of hydrogen-bond acceptors (Lipinski definition) is 3. The van der Waals surface area contributed by atoms with Gasteiger partial charge in [0.15, 0.2) is 5.11 Å². The number of amides is 2. The molecule has 0 atom stereocenters. The molecule has 0 heterocycles. The summed E-state index contributed by atoms with van der Waals surface area (Å²) < 4.78 is 0. The van der Waals surface area contributed by atoms with Crippen molar-refractivity contribution < 1.29 is 9.59 Å². The maximum absolute atomic E-state index is 12.2. The molecule has 140 valence electrons. The van der Waals surface area contributed by atoms with Crippen molar-refractivity contribution in [2.75, 3.05) is 11.9 Å². The number of benzene rings is 1. The smallest absolute Gasteiger partial charge is 0.253 e. The van der Waals surface area contributed by atoms with E-state index in [-0.39, 0.29) is 16.9 Å². The van der Waals surface area contributed by atoms with Crippen LogP contribution in [0.2, 0.25) is 0 Å². The largest absolute Gasteiger partial charge is 0.349 e. The van der Waals surface area contributed by atoms with Crippen molar-refractivity contribution in [2.45, 2.75) is 44.9 Å². The summed E-state index contributed by atoms with van der Waals surface area (Å²) in [5, 5.41) is 8.60. The summed E-state index contributed by atoms with van der Waals surface area (Å²) in [5.74, 6) is 0.353. The molecule has 26 heavy (non-hydrogen) atoms. The zero-order valence-corrected chi connectivity index (χ0v) is 15.9. The van der Waals surface area contributed by atoms with Crippen molar-refractivity contribution in [3.05, 3.63) is 42.5 Å². The second-order valence-electron chi connectivity index (χ2n) is 6.59. The van der Waals surface area contributed by atoms with Crippen LogP contribution in [0.5, 0.6) is 0 Å². The molecule has 1 aliphatic carbocycles. The summed E-state index contributed by atoms with van der Waals surface area (Å²) in [6.07, 6.45) is 9.32. The van der Waals surface area contributed by atoms with E-state index in [2.05, 4.69) is 22.5 Å². The number of carbonyl (C=O) groups excluding carboxylic acids is 2. The Balaban J connectivity index is 1.84. The van der Waals surface area contributed by atoms with Gasteiger partial charge in [-0.3, -0.25) is 9.59 Å². The number of carbonyl (C=O) groups is 2. The van der Waals surface area contributed by atoms with E-state index >= 15 is 0 Å². The molecule has 0 aliphatic heterocycles. The molecule has 0 radical (unpaired) electrons. The molecular weight excluding hydrogens is 346 g/mol. The molecule has 1 aromatic carbocycles. The monoisotopic (exact) mass is 373 g/mol. The third-order valence-corrected chi connectivity index (χ3v) is 4.79. The zero-order valence-electron chi connectivity index (χ0n) is 15.1. The number of thiocarbonyl (C=S) groups is 1. The topological polar surface area (TPSA) is 70.2 Å². The first-order valence-electron chi connectivity index (χ1n) is 9.19. The quantitative estimate of drug-likeness (QED) is 0.502. The van der Waals surface area contributed by atoms with E-state index in [0.717, 1.165) is 6.42 Å². The number of nitrogens with one attached hydrogen (secondary N) is 3. The molecule has 0 unspecified atom stereocenters. The number of rotatable bonds is 7. The lowest BCUT2D eigenvalue weighted by atomic mass is 9.86. The molecule has 0 aromatic heterocycles. The molecule has 6 heteroatoms. The molecule has 0 spiro atoms. The van der Waals surface area contributed by atoms with Gasteiger partial charge in [0.05, 0.1) is 11.3 Å². The van der Waals surface area contributed by atoms with Crippen molar-refractivity contribution in [1.29, 1.82) is 0 Å². The van der Waals surface area contributed by atoms with Gasteiger partial charge in [-0.2, -0.15) is 0 Å². The molecule has 0 bridgehead atoms. The summed E-state index contributed by atoms with van der Waals surface area (Å²) >= 11 is 5.23. The Labute approximate surface area is 160 Å². The van der Waals surface area contributed by atoms with Crippen molar-refractivity contribution in [1.82, 2.24) is 10.6 Å². The summed E-state index contributed by atoms with van der Waals surface area (Å²) in [6, 6.07) is 7.04. The lowest BCUT2D eigenvalue weighted by Crippen LogP contribution is -2.35. The third kappa shape index (κ3) is 6.59. The lowest BCUT2D eigenvalue weighted by Gasteiger charge is -2.21. The van der Waals surface area contributed by atoms with Crippen molar-refractivity contribution in [3.8, 4) is 0 Å². The fraction of sp³-hybridized carbons (Fsp3) is 0.450. The molecule has 2 amide bonds. The van der Waals surface area contributed by atoms with Crippen LogP contribution in [0.4, 0.5) is 5.69 Å². The van der Waals surface area contributed by atoms with Crippen LogP contribution in [0, 0.1) is 5.92 Å². The standard InChI is InChI=1S/C20H27N3O2S/c1-2-14-21-19(25)16-10-6-7-11-17(16)22-20(26)23-18(24)13-12-15-8-4-3-5-9-15/h2,6-7,10-11,15H,1,3-5,8-9,12-14H2,(H,21,25)(H2,22,23,24,26). The second kappa shape index (κ2) is 10.7. The van der Waals surface area contributed by atoms with E-state index in [0.29, 0.717) is 30.1 Å². The van der Waals surface area contributed by atoms with Gasteiger partial charge in [-0.25, -0.2) is 0 Å². The molecule has 1 saturated carbocycles. The first-order valence-corrected chi connectivity index (χ1v) is 9.60. The molecule has 3 N–H and O–H groups in total. The average molecular weight is 374 g/mol. The van der Waals surface area contributed by atoms with E-state index < -0.39 is 0 Å². The van der Waals surface area contributed by atoms with Gasteiger partial charge < -0.3 is 16.0 Å². The number of hydrogen-bond donors (Lipinski definition) is 3. The molecule has 1 fully saturated rings. The van der Waals surface area contributed by atoms with Gasteiger partial charge in [0.1, 0.15) is 0 Å². The third-order valence-electron chi connectivity index (χ3n) is 4.58. The minimum atomic E-state index is -0.223. The Morgan fingerprint density at radius 2 is 1.92 bits per heavy atom. The molecule has 1 aromatic rings. The first kappa shape index (κ1) is 20.1. The van der Waals surface area contributed by atoms with Crippen LogP contribution < -0.4 is 16.0 Å². The van der Waals surface area contributed by atoms with Crippen LogP contribution in [-0.2, 0) is 4.79 Å². The van der Waals surface area contributed by atoms with Gasteiger partial charge in [0.25, 0.3) is 5.91 Å². The Morgan fingerprint density at radius 1 is 1.19 bits per heavy atom. The van der Waals surface area contributed by atoms with Gasteiger partial charge >= 0.3 is 0 Å². The second-order valence-corrected chi connectivity index (χ2v) is 7.00. The van der Waals surface area contributed by atoms with E-state index in [9.17, 15) is 9.59 Å². The van der Waals surface area contributed by atoms with Gasteiger partial charge in [-0.1, -0.05) is 50.3 Å². The van der Waals surface area contributed by atoms with Crippen LogP contribution in [0.3, 0.4) is 0 Å². The highest BCUT2D eigenvalue weighted by molar-refractivity contribution is 7.80. The Bertz CT molecular complexity index is 654. The van der Waals surface area contributed by atoms with E-state index in [4.69, 9.17) is 12.2 Å². The fourth-order valence-electron chi connectivity index (χ4n) is 3.20. The summed E-state index contributed by atoms with van der Waals surface area (Å²) in [5.41, 5.74) is 1.03. The highest BCUT2D eigenvalue weighted by atomic mass is 32.1. The highest BCUT2D eigenvalue weighted by Gasteiger charge is 2.16. The maximum Gasteiger partial charge on any atom is 0.253 e. The highest BCUT2D eigenvalue weighted by Crippen LogP contribution is 2.27. The van der Waals surface area contributed by atoms with Crippen LogP contribution in [0.1, 0.15) is 55.3 Å². The maximum atomic E-state index is 12.2. The normalized spacial score (nSPS) is 14.3. The average Bonchev–Trinajstić information content (AvgIpc) is 2.65. The molecule has 5 nitrogen and oxygen atoms in total. The minimum absolute atomic E-state index is 0.0818. The van der Waals surface area contributed by atoms with E-state index in [1.807, 2.05) is 0 Å². The summed E-state index contributed by atoms with van der Waals surface area (Å²) in [6.45, 7) is 3.97. The summed E-state index contributed by atoms with van der Waals surface area (Å²) in [4.78, 5) is 24.3.